The summed E-state index contributed by atoms with van der Waals surface area (Å²) in [5.74, 6) is -0.197. The van der Waals surface area contributed by atoms with E-state index in [2.05, 4.69) is 5.32 Å². The van der Waals surface area contributed by atoms with E-state index in [1.54, 1.807) is 7.05 Å². The number of ether oxygens (including phenoxy) is 1. The third-order valence-electron chi connectivity index (χ3n) is 2.50. The Morgan fingerprint density at radius 2 is 2.22 bits per heavy atom. The summed E-state index contributed by atoms with van der Waals surface area (Å²) in [5.41, 5.74) is 0.339. The Morgan fingerprint density at radius 1 is 1.50 bits per heavy atom. The molecule has 5 heteroatoms. The van der Waals surface area contributed by atoms with Crippen LogP contribution in [0, 0.1) is 0 Å². The molecule has 1 aromatic rings. The summed E-state index contributed by atoms with van der Waals surface area (Å²) in [6.07, 6.45) is 2.47. The van der Waals surface area contributed by atoms with Crippen LogP contribution in [-0.2, 0) is 11.8 Å². The number of hydrogen-bond acceptors (Lipinski definition) is 3. The van der Waals surface area contributed by atoms with E-state index in [1.807, 2.05) is 13.8 Å². The van der Waals surface area contributed by atoms with Crippen molar-refractivity contribution in [1.82, 2.24) is 9.88 Å². The van der Waals surface area contributed by atoms with E-state index in [-0.39, 0.29) is 17.6 Å². The van der Waals surface area contributed by atoms with Gasteiger partial charge in [0.1, 0.15) is 0 Å². The van der Waals surface area contributed by atoms with Gasteiger partial charge in [-0.25, -0.2) is 0 Å². The number of nitrogens with one attached hydrogen (secondary N) is 1. The van der Waals surface area contributed by atoms with E-state index in [0.29, 0.717) is 18.7 Å². The van der Waals surface area contributed by atoms with Crippen molar-refractivity contribution in [2.75, 3.05) is 13.2 Å². The molecular formula is C13H20N2O3. The number of nitrogens with zero attached hydrogens (tertiary/aromatic N) is 1. The van der Waals surface area contributed by atoms with Gasteiger partial charge in [-0.15, -0.1) is 0 Å². The molecule has 0 aliphatic carbocycles. The lowest BCUT2D eigenvalue weighted by molar-refractivity contribution is 0.0622. The number of aryl methyl sites for hydroxylation is 1. The topological polar surface area (TPSA) is 60.3 Å². The maximum atomic E-state index is 11.8. The second kappa shape index (κ2) is 6.96. The van der Waals surface area contributed by atoms with Gasteiger partial charge in [0.25, 0.3) is 5.91 Å². The molecule has 1 rings (SSSR count). The Labute approximate surface area is 107 Å². The lowest BCUT2D eigenvalue weighted by Crippen LogP contribution is -2.33. The molecule has 0 aliphatic heterocycles. The van der Waals surface area contributed by atoms with Crippen LogP contribution in [0.2, 0.25) is 0 Å². The molecular weight excluding hydrogens is 232 g/mol. The minimum atomic E-state index is -0.197. The van der Waals surface area contributed by atoms with Gasteiger partial charge in [-0.3, -0.25) is 9.59 Å². The molecule has 18 heavy (non-hydrogen) atoms. The van der Waals surface area contributed by atoms with E-state index < -0.39 is 0 Å². The van der Waals surface area contributed by atoms with Crippen LogP contribution in [0.15, 0.2) is 23.1 Å². The maximum absolute atomic E-state index is 11.8. The standard InChI is InChI=1S/C13H20N2O3/c1-4-7-18-10(2)8-14-13(17)11-5-6-12(16)15(3)9-11/h5-6,9-10H,4,7-8H2,1-3H3,(H,14,17)/t10-/m1/s1. The molecule has 0 saturated heterocycles. The minimum Gasteiger partial charge on any atom is -0.377 e. The highest BCUT2D eigenvalue weighted by Crippen LogP contribution is 1.96. The highest BCUT2D eigenvalue weighted by Gasteiger charge is 2.08. The number of carbonyl (C=O) groups is 1. The fourth-order valence-corrected chi connectivity index (χ4v) is 1.44. The summed E-state index contributed by atoms with van der Waals surface area (Å²) in [4.78, 5) is 23.0. The van der Waals surface area contributed by atoms with Gasteiger partial charge >= 0.3 is 0 Å². The number of hydrogen-bond donors (Lipinski definition) is 1. The van der Waals surface area contributed by atoms with Crippen molar-refractivity contribution in [2.45, 2.75) is 26.4 Å². The predicted octanol–water partition coefficient (Wildman–Crippen LogP) is 0.930. The smallest absolute Gasteiger partial charge is 0.252 e. The van der Waals surface area contributed by atoms with Gasteiger partial charge in [0.15, 0.2) is 0 Å². The molecule has 0 fully saturated rings. The van der Waals surface area contributed by atoms with Crippen LogP contribution >= 0.6 is 0 Å². The van der Waals surface area contributed by atoms with Crippen LogP contribution in [0.4, 0.5) is 0 Å². The fourth-order valence-electron chi connectivity index (χ4n) is 1.44. The third-order valence-corrected chi connectivity index (χ3v) is 2.50. The van der Waals surface area contributed by atoms with Crippen molar-refractivity contribution in [1.29, 1.82) is 0 Å². The normalized spacial score (nSPS) is 12.2. The quantitative estimate of drug-likeness (QED) is 0.819. The Kier molecular flexibility index (Phi) is 5.58. The lowest BCUT2D eigenvalue weighted by Gasteiger charge is -2.13. The van der Waals surface area contributed by atoms with E-state index in [1.165, 1.54) is 22.9 Å². The molecule has 1 N–H and O–H groups in total. The van der Waals surface area contributed by atoms with Crippen LogP contribution in [0.25, 0.3) is 0 Å². The lowest BCUT2D eigenvalue weighted by atomic mass is 10.2. The first-order chi connectivity index (χ1) is 8.54. The second-order valence-corrected chi connectivity index (χ2v) is 4.26. The van der Waals surface area contributed by atoms with E-state index >= 15 is 0 Å². The average Bonchev–Trinajstić information content (AvgIpc) is 2.36. The van der Waals surface area contributed by atoms with Gasteiger partial charge in [-0.05, 0) is 19.4 Å². The molecule has 100 valence electrons. The molecule has 0 unspecified atom stereocenters. The first-order valence-electron chi connectivity index (χ1n) is 6.11. The van der Waals surface area contributed by atoms with Crippen molar-refractivity contribution in [3.05, 3.63) is 34.2 Å². The molecule has 0 spiro atoms. The highest BCUT2D eigenvalue weighted by molar-refractivity contribution is 5.93. The van der Waals surface area contributed by atoms with Crippen LogP contribution in [0.3, 0.4) is 0 Å². The number of pyridine rings is 1. The van der Waals surface area contributed by atoms with Crippen molar-refractivity contribution >= 4 is 5.91 Å². The monoisotopic (exact) mass is 252 g/mol. The summed E-state index contributed by atoms with van der Waals surface area (Å²) in [7, 11) is 1.62. The first kappa shape index (κ1) is 14.4. The summed E-state index contributed by atoms with van der Waals surface area (Å²) in [6.45, 7) is 5.10. The van der Waals surface area contributed by atoms with Gasteiger partial charge in [-0.2, -0.15) is 0 Å². The van der Waals surface area contributed by atoms with Crippen molar-refractivity contribution < 1.29 is 9.53 Å². The molecule has 5 nitrogen and oxygen atoms in total. The molecule has 1 amide bonds. The van der Waals surface area contributed by atoms with Gasteiger partial charge in [0, 0.05) is 32.5 Å². The Bertz CT molecular complexity index is 454. The van der Waals surface area contributed by atoms with Crippen LogP contribution < -0.4 is 10.9 Å². The summed E-state index contributed by atoms with van der Waals surface area (Å²) >= 11 is 0. The van der Waals surface area contributed by atoms with Crippen molar-refractivity contribution in [3.63, 3.8) is 0 Å². The average molecular weight is 252 g/mol. The Balaban J connectivity index is 2.50. The van der Waals surface area contributed by atoms with E-state index in [9.17, 15) is 9.59 Å². The number of rotatable bonds is 6. The fraction of sp³-hybridized carbons (Fsp3) is 0.538. The largest absolute Gasteiger partial charge is 0.377 e. The van der Waals surface area contributed by atoms with Crippen molar-refractivity contribution in [2.24, 2.45) is 7.05 Å². The summed E-state index contributed by atoms with van der Waals surface area (Å²) in [5, 5.41) is 2.77. The third kappa shape index (κ3) is 4.33. The van der Waals surface area contributed by atoms with Gasteiger partial charge < -0.3 is 14.6 Å². The zero-order valence-electron chi connectivity index (χ0n) is 11.1. The van der Waals surface area contributed by atoms with Gasteiger partial charge in [0.2, 0.25) is 5.56 Å². The van der Waals surface area contributed by atoms with Gasteiger partial charge in [-0.1, -0.05) is 6.92 Å². The summed E-state index contributed by atoms with van der Waals surface area (Å²) in [6, 6.07) is 2.90. The molecule has 0 aliphatic rings. The molecule has 1 atom stereocenters. The SMILES string of the molecule is CCCO[C@H](C)CNC(=O)c1ccc(=O)n(C)c1. The van der Waals surface area contributed by atoms with Gasteiger partial charge in [0.05, 0.1) is 11.7 Å². The minimum absolute atomic E-state index is 0.0126. The number of carbonyl (C=O) groups excluding carboxylic acids is 1. The zero-order chi connectivity index (χ0) is 13.5. The number of aromatic nitrogens is 1. The second-order valence-electron chi connectivity index (χ2n) is 4.26. The van der Waals surface area contributed by atoms with Crippen molar-refractivity contribution in [3.8, 4) is 0 Å². The van der Waals surface area contributed by atoms with Crippen LogP contribution in [0.5, 0.6) is 0 Å². The van der Waals surface area contributed by atoms with Crippen LogP contribution in [0.1, 0.15) is 30.6 Å². The van der Waals surface area contributed by atoms with E-state index in [0.717, 1.165) is 6.42 Å². The first-order valence-corrected chi connectivity index (χ1v) is 6.11. The van der Waals surface area contributed by atoms with Crippen LogP contribution in [-0.4, -0.2) is 29.7 Å². The zero-order valence-corrected chi connectivity index (χ0v) is 11.1. The maximum Gasteiger partial charge on any atom is 0.252 e. The molecule has 1 aromatic heterocycles. The molecule has 0 saturated carbocycles. The predicted molar refractivity (Wildman–Crippen MR) is 69.7 cm³/mol. The Morgan fingerprint density at radius 3 is 2.83 bits per heavy atom. The number of amides is 1. The molecule has 1 heterocycles. The summed E-state index contributed by atoms with van der Waals surface area (Å²) < 4.78 is 6.83. The molecule has 0 bridgehead atoms. The Hall–Kier alpha value is -1.62. The highest BCUT2D eigenvalue weighted by atomic mass is 16.5. The molecule has 0 radical (unpaired) electrons. The molecule has 0 aromatic carbocycles. The van der Waals surface area contributed by atoms with E-state index in [4.69, 9.17) is 4.74 Å².